The Morgan fingerprint density at radius 1 is 1.20 bits per heavy atom. The smallest absolute Gasteiger partial charge is 0.315 e. The first-order chi connectivity index (χ1) is 7.27. The summed E-state index contributed by atoms with van der Waals surface area (Å²) in [5.41, 5.74) is 0. The van der Waals surface area contributed by atoms with Gasteiger partial charge >= 0.3 is 6.01 Å². The zero-order valence-electron chi connectivity index (χ0n) is 9.71. The van der Waals surface area contributed by atoms with Crippen LogP contribution < -0.4 is 10.6 Å². The molecule has 1 rings (SSSR count). The highest BCUT2D eigenvalue weighted by Gasteiger charge is 2.12. The average molecular weight is 212 g/mol. The van der Waals surface area contributed by atoms with E-state index in [9.17, 15) is 0 Å². The van der Waals surface area contributed by atoms with Crippen LogP contribution in [0.4, 0.5) is 6.01 Å². The zero-order chi connectivity index (χ0) is 11.1. The van der Waals surface area contributed by atoms with Crippen molar-refractivity contribution in [3.8, 4) is 0 Å². The Bertz CT molecular complexity index is 274. The monoisotopic (exact) mass is 212 g/mol. The molecule has 1 atom stereocenters. The van der Waals surface area contributed by atoms with Crippen LogP contribution in [0.25, 0.3) is 0 Å². The second-order valence-electron chi connectivity index (χ2n) is 3.55. The maximum absolute atomic E-state index is 5.45. The Kier molecular flexibility index (Phi) is 5.10. The summed E-state index contributed by atoms with van der Waals surface area (Å²) in [6.45, 7) is 8.06. The van der Waals surface area contributed by atoms with Crippen molar-refractivity contribution in [2.75, 3.05) is 18.4 Å². The van der Waals surface area contributed by atoms with E-state index in [0.29, 0.717) is 11.9 Å². The maximum Gasteiger partial charge on any atom is 0.315 e. The molecule has 0 spiro atoms. The number of aromatic nitrogens is 2. The van der Waals surface area contributed by atoms with Gasteiger partial charge in [0.15, 0.2) is 0 Å². The number of hydrogen-bond acceptors (Lipinski definition) is 5. The molecule has 1 unspecified atom stereocenters. The van der Waals surface area contributed by atoms with Crippen LogP contribution in [0.15, 0.2) is 4.42 Å². The molecule has 5 nitrogen and oxygen atoms in total. The third-order valence-corrected chi connectivity index (χ3v) is 2.04. The molecular formula is C10H20N4O. The van der Waals surface area contributed by atoms with Crippen LogP contribution in [-0.4, -0.2) is 23.3 Å². The van der Waals surface area contributed by atoms with E-state index in [4.69, 9.17) is 4.42 Å². The van der Waals surface area contributed by atoms with Crippen LogP contribution in [0.5, 0.6) is 0 Å². The largest absolute Gasteiger partial charge is 0.406 e. The van der Waals surface area contributed by atoms with Gasteiger partial charge < -0.3 is 15.1 Å². The lowest BCUT2D eigenvalue weighted by molar-refractivity contribution is 0.423. The summed E-state index contributed by atoms with van der Waals surface area (Å²) in [4.78, 5) is 0. The molecule has 0 saturated carbocycles. The quantitative estimate of drug-likeness (QED) is 0.723. The van der Waals surface area contributed by atoms with Crippen LogP contribution in [0.1, 0.15) is 45.5 Å². The fourth-order valence-electron chi connectivity index (χ4n) is 1.16. The molecule has 0 bridgehead atoms. The second kappa shape index (κ2) is 6.40. The van der Waals surface area contributed by atoms with Crippen molar-refractivity contribution in [1.29, 1.82) is 0 Å². The van der Waals surface area contributed by atoms with E-state index in [1.54, 1.807) is 0 Å². The minimum Gasteiger partial charge on any atom is -0.406 e. The summed E-state index contributed by atoms with van der Waals surface area (Å²) >= 11 is 0. The zero-order valence-corrected chi connectivity index (χ0v) is 9.71. The van der Waals surface area contributed by atoms with Crippen LogP contribution >= 0.6 is 0 Å². The topological polar surface area (TPSA) is 63.0 Å². The lowest BCUT2D eigenvalue weighted by Gasteiger charge is -2.07. The van der Waals surface area contributed by atoms with E-state index in [1.807, 2.05) is 6.92 Å². The van der Waals surface area contributed by atoms with Gasteiger partial charge in [0.25, 0.3) is 0 Å². The van der Waals surface area contributed by atoms with Gasteiger partial charge in [0.1, 0.15) is 0 Å². The Morgan fingerprint density at radius 3 is 2.60 bits per heavy atom. The van der Waals surface area contributed by atoms with Gasteiger partial charge in [-0.1, -0.05) is 18.9 Å². The van der Waals surface area contributed by atoms with Crippen molar-refractivity contribution >= 4 is 6.01 Å². The molecule has 0 radical (unpaired) electrons. The minimum atomic E-state index is 0.120. The number of nitrogens with one attached hydrogen (secondary N) is 2. The third kappa shape index (κ3) is 3.87. The summed E-state index contributed by atoms with van der Waals surface area (Å²) in [5.74, 6) is 0.641. The van der Waals surface area contributed by atoms with E-state index in [1.165, 1.54) is 0 Å². The van der Waals surface area contributed by atoms with Crippen molar-refractivity contribution in [1.82, 2.24) is 15.5 Å². The molecule has 0 aliphatic carbocycles. The molecule has 5 heteroatoms. The van der Waals surface area contributed by atoms with Gasteiger partial charge in [-0.3, -0.25) is 0 Å². The van der Waals surface area contributed by atoms with Crippen molar-refractivity contribution in [2.45, 2.75) is 39.7 Å². The van der Waals surface area contributed by atoms with E-state index in [2.05, 4.69) is 34.7 Å². The first-order valence-corrected chi connectivity index (χ1v) is 5.58. The number of anilines is 1. The fraction of sp³-hybridized carbons (Fsp3) is 0.800. The molecule has 0 aliphatic heterocycles. The Balaban J connectivity index is 2.43. The molecule has 0 aliphatic rings. The highest BCUT2D eigenvalue weighted by Crippen LogP contribution is 2.13. The van der Waals surface area contributed by atoms with Gasteiger partial charge in [0.05, 0.1) is 6.04 Å². The van der Waals surface area contributed by atoms with Crippen molar-refractivity contribution in [2.24, 2.45) is 0 Å². The minimum absolute atomic E-state index is 0.120. The highest BCUT2D eigenvalue weighted by atomic mass is 16.4. The lowest BCUT2D eigenvalue weighted by Crippen LogP contribution is -2.19. The summed E-state index contributed by atoms with van der Waals surface area (Å²) in [6.07, 6.45) is 2.14. The van der Waals surface area contributed by atoms with Gasteiger partial charge in [-0.05, 0) is 26.3 Å². The van der Waals surface area contributed by atoms with Gasteiger partial charge in [-0.2, -0.15) is 0 Å². The van der Waals surface area contributed by atoms with Gasteiger partial charge in [0.2, 0.25) is 5.89 Å². The first-order valence-electron chi connectivity index (χ1n) is 5.58. The summed E-state index contributed by atoms with van der Waals surface area (Å²) in [6, 6.07) is 0.631. The van der Waals surface area contributed by atoms with Crippen molar-refractivity contribution < 1.29 is 4.42 Å². The maximum atomic E-state index is 5.45. The Hall–Kier alpha value is -1.10. The molecule has 0 saturated heterocycles. The molecular weight excluding hydrogens is 192 g/mol. The SMILES string of the molecule is CCCNc1nnc(C(C)NCCC)o1. The predicted molar refractivity (Wildman–Crippen MR) is 59.8 cm³/mol. The second-order valence-corrected chi connectivity index (χ2v) is 3.55. The van der Waals surface area contributed by atoms with E-state index >= 15 is 0 Å². The average Bonchev–Trinajstić information content (AvgIpc) is 2.71. The Labute approximate surface area is 90.7 Å². The van der Waals surface area contributed by atoms with Crippen LogP contribution in [0, 0.1) is 0 Å². The molecule has 15 heavy (non-hydrogen) atoms. The van der Waals surface area contributed by atoms with E-state index < -0.39 is 0 Å². The molecule has 0 aromatic carbocycles. The molecule has 0 fully saturated rings. The lowest BCUT2D eigenvalue weighted by atomic mass is 10.3. The van der Waals surface area contributed by atoms with Gasteiger partial charge in [-0.15, -0.1) is 5.10 Å². The van der Waals surface area contributed by atoms with Crippen LogP contribution in [-0.2, 0) is 0 Å². The standard InChI is InChI=1S/C10H20N4O/c1-4-6-11-8(3)9-13-14-10(15-9)12-7-5-2/h8,11H,4-7H2,1-3H3,(H,12,14). The molecule has 2 N–H and O–H groups in total. The van der Waals surface area contributed by atoms with Gasteiger partial charge in [0, 0.05) is 6.54 Å². The van der Waals surface area contributed by atoms with Crippen molar-refractivity contribution in [3.63, 3.8) is 0 Å². The van der Waals surface area contributed by atoms with Crippen LogP contribution in [0.2, 0.25) is 0 Å². The molecule has 1 aromatic heterocycles. The van der Waals surface area contributed by atoms with Crippen molar-refractivity contribution in [3.05, 3.63) is 5.89 Å². The number of rotatable bonds is 7. The Morgan fingerprint density at radius 2 is 1.93 bits per heavy atom. The molecule has 0 amide bonds. The molecule has 86 valence electrons. The summed E-state index contributed by atoms with van der Waals surface area (Å²) in [7, 11) is 0. The normalized spacial score (nSPS) is 12.7. The first kappa shape index (κ1) is 12.0. The number of nitrogens with zero attached hydrogens (tertiary/aromatic N) is 2. The molecule has 1 aromatic rings. The van der Waals surface area contributed by atoms with Crippen LogP contribution in [0.3, 0.4) is 0 Å². The highest BCUT2D eigenvalue weighted by molar-refractivity contribution is 5.16. The predicted octanol–water partition coefficient (Wildman–Crippen LogP) is 1.95. The van der Waals surface area contributed by atoms with E-state index in [-0.39, 0.29) is 6.04 Å². The van der Waals surface area contributed by atoms with Gasteiger partial charge in [-0.25, -0.2) is 0 Å². The number of hydrogen-bond donors (Lipinski definition) is 2. The summed E-state index contributed by atoms with van der Waals surface area (Å²) in [5, 5.41) is 14.2. The fourth-order valence-corrected chi connectivity index (χ4v) is 1.16. The summed E-state index contributed by atoms with van der Waals surface area (Å²) < 4.78 is 5.45. The molecule has 1 heterocycles. The van der Waals surface area contributed by atoms with E-state index in [0.717, 1.165) is 25.9 Å². The third-order valence-electron chi connectivity index (χ3n) is 2.04.